The van der Waals surface area contributed by atoms with Crippen LogP contribution in [0.2, 0.25) is 0 Å². The van der Waals surface area contributed by atoms with Crippen LogP contribution in [0.1, 0.15) is 32.7 Å². The minimum Gasteiger partial charge on any atom is -0.348 e. The second-order valence-corrected chi connectivity index (χ2v) is 7.16. The zero-order valence-corrected chi connectivity index (χ0v) is 16.4. The molecule has 4 rings (SSSR count). The number of fused-ring (bicyclic) bond motifs is 1. The predicted octanol–water partition coefficient (Wildman–Crippen LogP) is 4.77. The summed E-state index contributed by atoms with van der Waals surface area (Å²) in [5, 5.41) is 3.94. The lowest BCUT2D eigenvalue weighted by Gasteiger charge is -2.10. The van der Waals surface area contributed by atoms with Crippen LogP contribution in [0.25, 0.3) is 10.9 Å². The van der Waals surface area contributed by atoms with Crippen molar-refractivity contribution in [1.82, 2.24) is 14.9 Å². The molecule has 5 heteroatoms. The van der Waals surface area contributed by atoms with E-state index in [-0.39, 0.29) is 11.7 Å². The van der Waals surface area contributed by atoms with Crippen molar-refractivity contribution in [2.75, 3.05) is 0 Å². The summed E-state index contributed by atoms with van der Waals surface area (Å²) >= 11 is 0. The van der Waals surface area contributed by atoms with Crippen molar-refractivity contribution in [3.8, 4) is 0 Å². The van der Waals surface area contributed by atoms with Crippen LogP contribution in [0.4, 0.5) is 4.39 Å². The summed E-state index contributed by atoms with van der Waals surface area (Å²) in [6.07, 6.45) is 3.44. The van der Waals surface area contributed by atoms with Crippen LogP contribution in [-0.2, 0) is 13.1 Å². The Labute approximate surface area is 169 Å². The van der Waals surface area contributed by atoms with Crippen LogP contribution in [0.15, 0.2) is 67.0 Å². The molecule has 2 heterocycles. The van der Waals surface area contributed by atoms with Gasteiger partial charge in [-0.25, -0.2) is 4.39 Å². The Morgan fingerprint density at radius 2 is 1.93 bits per heavy atom. The van der Waals surface area contributed by atoms with Gasteiger partial charge in [0.25, 0.3) is 5.91 Å². The van der Waals surface area contributed by atoms with Crippen LogP contribution in [0.5, 0.6) is 0 Å². The van der Waals surface area contributed by atoms with Gasteiger partial charge in [-0.3, -0.25) is 9.78 Å². The molecule has 0 spiro atoms. The molecular formula is C24H22FN3O. The molecule has 4 aromatic rings. The molecule has 0 aliphatic rings. The number of carbonyl (C=O) groups excluding carboxylic acids is 1. The summed E-state index contributed by atoms with van der Waals surface area (Å²) in [4.78, 5) is 16.7. The zero-order valence-electron chi connectivity index (χ0n) is 16.4. The Hall–Kier alpha value is -3.47. The Kier molecular flexibility index (Phi) is 5.12. The van der Waals surface area contributed by atoms with Crippen LogP contribution >= 0.6 is 0 Å². The molecule has 0 unspecified atom stereocenters. The number of aryl methyl sites for hydroxylation is 1. The molecule has 0 bridgehead atoms. The molecule has 2 aromatic heterocycles. The van der Waals surface area contributed by atoms with E-state index in [1.807, 2.05) is 50.2 Å². The number of nitrogens with one attached hydrogen (secondary N) is 1. The minimum absolute atomic E-state index is 0.130. The van der Waals surface area contributed by atoms with Gasteiger partial charge in [-0.2, -0.15) is 0 Å². The zero-order chi connectivity index (χ0) is 20.4. The fourth-order valence-corrected chi connectivity index (χ4v) is 3.58. The number of hydrogen-bond acceptors (Lipinski definition) is 2. The van der Waals surface area contributed by atoms with Crippen molar-refractivity contribution in [3.05, 3.63) is 101 Å². The molecule has 0 saturated carbocycles. The maximum absolute atomic E-state index is 14.1. The molecule has 0 aliphatic carbocycles. The van der Waals surface area contributed by atoms with E-state index in [1.165, 1.54) is 6.07 Å². The molecule has 0 aliphatic heterocycles. The molecular weight excluding hydrogens is 365 g/mol. The molecule has 29 heavy (non-hydrogen) atoms. The van der Waals surface area contributed by atoms with E-state index in [2.05, 4.69) is 14.9 Å². The van der Waals surface area contributed by atoms with E-state index in [9.17, 15) is 9.18 Å². The Balaban J connectivity index is 1.62. The van der Waals surface area contributed by atoms with Crippen LogP contribution in [0, 0.1) is 19.7 Å². The van der Waals surface area contributed by atoms with Crippen molar-refractivity contribution >= 4 is 16.8 Å². The number of nitrogens with zero attached hydrogens (tertiary/aromatic N) is 2. The number of aromatic nitrogens is 2. The second kappa shape index (κ2) is 7.87. The Bertz CT molecular complexity index is 1180. The lowest BCUT2D eigenvalue weighted by Crippen LogP contribution is -2.22. The standard InChI is InChI=1S/C24H22FN3O/c1-16-17(2)28(15-20-7-3-4-8-22(20)25)23-10-9-19(12-21(16)23)24(29)27-14-18-6-5-11-26-13-18/h3-13H,14-15H2,1-2H3,(H,27,29). The summed E-state index contributed by atoms with van der Waals surface area (Å²) in [6, 6.07) is 16.3. The number of rotatable bonds is 5. The van der Waals surface area contributed by atoms with Gasteiger partial charge in [0.2, 0.25) is 0 Å². The van der Waals surface area contributed by atoms with E-state index in [0.717, 1.165) is 27.7 Å². The molecule has 0 atom stereocenters. The summed E-state index contributed by atoms with van der Waals surface area (Å²) in [6.45, 7) is 4.94. The number of amides is 1. The van der Waals surface area contributed by atoms with Gasteiger partial charge >= 0.3 is 0 Å². The minimum atomic E-state index is -0.210. The lowest BCUT2D eigenvalue weighted by atomic mass is 10.1. The molecule has 0 saturated heterocycles. The molecule has 2 aromatic carbocycles. The number of hydrogen-bond donors (Lipinski definition) is 1. The Morgan fingerprint density at radius 1 is 1.10 bits per heavy atom. The topological polar surface area (TPSA) is 46.9 Å². The van der Waals surface area contributed by atoms with E-state index in [4.69, 9.17) is 0 Å². The van der Waals surface area contributed by atoms with Gasteiger partial charge in [-0.05, 0) is 55.3 Å². The summed E-state index contributed by atoms with van der Waals surface area (Å²) < 4.78 is 16.2. The van der Waals surface area contributed by atoms with Gasteiger partial charge < -0.3 is 9.88 Å². The second-order valence-electron chi connectivity index (χ2n) is 7.16. The van der Waals surface area contributed by atoms with Crippen LogP contribution in [-0.4, -0.2) is 15.5 Å². The van der Waals surface area contributed by atoms with Crippen molar-refractivity contribution in [1.29, 1.82) is 0 Å². The third-order valence-electron chi connectivity index (χ3n) is 5.36. The lowest BCUT2D eigenvalue weighted by molar-refractivity contribution is 0.0951. The van der Waals surface area contributed by atoms with E-state index in [0.29, 0.717) is 24.2 Å². The summed E-state index contributed by atoms with van der Waals surface area (Å²) in [7, 11) is 0. The average Bonchev–Trinajstić information content (AvgIpc) is 2.98. The van der Waals surface area contributed by atoms with E-state index >= 15 is 0 Å². The van der Waals surface area contributed by atoms with Crippen molar-refractivity contribution in [2.24, 2.45) is 0 Å². The normalized spacial score (nSPS) is 11.0. The third kappa shape index (κ3) is 3.76. The van der Waals surface area contributed by atoms with Crippen molar-refractivity contribution in [3.63, 3.8) is 0 Å². The number of carbonyl (C=O) groups is 1. The Morgan fingerprint density at radius 3 is 2.69 bits per heavy atom. The monoisotopic (exact) mass is 387 g/mol. The molecule has 1 N–H and O–H groups in total. The van der Waals surface area contributed by atoms with Gasteiger partial charge in [0.15, 0.2) is 0 Å². The first-order valence-corrected chi connectivity index (χ1v) is 9.54. The molecule has 146 valence electrons. The molecule has 1 amide bonds. The summed E-state index contributed by atoms with van der Waals surface area (Å²) in [5.74, 6) is -0.340. The third-order valence-corrected chi connectivity index (χ3v) is 5.36. The van der Waals surface area contributed by atoms with Crippen LogP contribution < -0.4 is 5.32 Å². The number of pyridine rings is 1. The SMILES string of the molecule is Cc1c(C)n(Cc2ccccc2F)c2ccc(C(=O)NCc3cccnc3)cc12. The number of halogens is 1. The first-order valence-electron chi connectivity index (χ1n) is 9.54. The first-order chi connectivity index (χ1) is 14.0. The van der Waals surface area contributed by atoms with E-state index < -0.39 is 0 Å². The number of benzene rings is 2. The maximum Gasteiger partial charge on any atom is 0.251 e. The fourth-order valence-electron chi connectivity index (χ4n) is 3.58. The fraction of sp³-hybridized carbons (Fsp3) is 0.167. The molecule has 0 radical (unpaired) electrons. The highest BCUT2D eigenvalue weighted by atomic mass is 19.1. The highest BCUT2D eigenvalue weighted by Crippen LogP contribution is 2.27. The van der Waals surface area contributed by atoms with Crippen molar-refractivity contribution < 1.29 is 9.18 Å². The quantitative estimate of drug-likeness (QED) is 0.536. The van der Waals surface area contributed by atoms with Gasteiger partial charge in [0.05, 0.1) is 6.54 Å². The summed E-state index contributed by atoms with van der Waals surface area (Å²) in [5.41, 5.74) is 5.35. The molecule has 4 nitrogen and oxygen atoms in total. The highest BCUT2D eigenvalue weighted by molar-refractivity contribution is 5.99. The van der Waals surface area contributed by atoms with Gasteiger partial charge in [-0.1, -0.05) is 24.3 Å². The maximum atomic E-state index is 14.1. The molecule has 0 fully saturated rings. The largest absolute Gasteiger partial charge is 0.348 e. The average molecular weight is 387 g/mol. The van der Waals surface area contributed by atoms with Crippen LogP contribution in [0.3, 0.4) is 0 Å². The van der Waals surface area contributed by atoms with Crippen molar-refractivity contribution in [2.45, 2.75) is 26.9 Å². The van der Waals surface area contributed by atoms with Gasteiger partial charge in [0, 0.05) is 46.7 Å². The smallest absolute Gasteiger partial charge is 0.251 e. The van der Waals surface area contributed by atoms with E-state index in [1.54, 1.807) is 24.5 Å². The predicted molar refractivity (Wildman–Crippen MR) is 112 cm³/mol. The first kappa shape index (κ1) is 18.9. The van der Waals surface area contributed by atoms with Gasteiger partial charge in [-0.15, -0.1) is 0 Å². The van der Waals surface area contributed by atoms with Gasteiger partial charge in [0.1, 0.15) is 5.82 Å². The highest BCUT2D eigenvalue weighted by Gasteiger charge is 2.15.